The second-order valence-electron chi connectivity index (χ2n) is 18.5. The molecule has 310 valence electrons. The Morgan fingerprint density at radius 2 is 1.54 bits per heavy atom. The predicted octanol–water partition coefficient (Wildman–Crippen LogP) is 11.9. The van der Waals surface area contributed by atoms with Crippen LogP contribution in [-0.2, 0) is 19.1 Å². The number of carboxylic acids is 1. The molecule has 0 unspecified atom stereocenters. The second-order valence-corrected chi connectivity index (χ2v) is 18.5. The van der Waals surface area contributed by atoms with Crippen molar-refractivity contribution in [1.29, 1.82) is 0 Å². The topological polar surface area (TPSA) is 118 Å². The highest BCUT2D eigenvalue weighted by Crippen LogP contribution is 2.67. The van der Waals surface area contributed by atoms with Crippen LogP contribution in [0.25, 0.3) is 0 Å². The molecule has 0 spiro atoms. The molecule has 4 aliphatic rings. The van der Waals surface area contributed by atoms with Gasteiger partial charge in [-0.3, -0.25) is 9.59 Å². The number of azo groups is 1. The van der Waals surface area contributed by atoms with E-state index in [0.29, 0.717) is 23.3 Å². The number of carboxylic acid groups (broad SMARTS) is 1. The summed E-state index contributed by atoms with van der Waals surface area (Å²) in [6.45, 7) is 15.9. The lowest BCUT2D eigenvalue weighted by atomic mass is 9.47. The lowest BCUT2D eigenvalue weighted by Gasteiger charge is -2.58. The van der Waals surface area contributed by atoms with Gasteiger partial charge in [-0.05, 0) is 147 Å². The molecule has 6 rings (SSSR count). The van der Waals surface area contributed by atoms with Gasteiger partial charge in [-0.15, -0.1) is 0 Å². The molecule has 3 fully saturated rings. The predicted molar refractivity (Wildman–Crippen MR) is 225 cm³/mol. The van der Waals surface area contributed by atoms with E-state index in [9.17, 15) is 14.4 Å². The molecule has 57 heavy (non-hydrogen) atoms. The fourth-order valence-corrected chi connectivity index (χ4v) is 11.5. The lowest BCUT2D eigenvalue weighted by molar-refractivity contribution is -0.155. The number of fused-ring (bicyclic) bond motifs is 5. The number of allylic oxidation sites excluding steroid dienone is 1. The Morgan fingerprint density at radius 1 is 0.860 bits per heavy atom. The van der Waals surface area contributed by atoms with E-state index < -0.39 is 11.9 Å². The number of anilines is 1. The van der Waals surface area contributed by atoms with Gasteiger partial charge in [-0.1, -0.05) is 65.5 Å². The van der Waals surface area contributed by atoms with Crippen LogP contribution in [0.4, 0.5) is 17.1 Å². The van der Waals surface area contributed by atoms with E-state index in [-0.39, 0.29) is 42.5 Å². The number of likely N-dealkylation sites (N-methyl/N-ethyl adjacent to an activating group) is 1. The van der Waals surface area contributed by atoms with Crippen molar-refractivity contribution in [2.45, 2.75) is 131 Å². The second kappa shape index (κ2) is 18.7. The summed E-state index contributed by atoms with van der Waals surface area (Å²) in [6, 6.07) is 13.8. The number of nitrogens with zero attached hydrogens (tertiary/aromatic N) is 3. The van der Waals surface area contributed by atoms with Gasteiger partial charge in [0.15, 0.2) is 0 Å². The van der Waals surface area contributed by atoms with Gasteiger partial charge in [-0.25, -0.2) is 4.79 Å². The molecule has 3 saturated carbocycles. The molecule has 9 nitrogen and oxygen atoms in total. The Labute approximate surface area is 341 Å². The van der Waals surface area contributed by atoms with Crippen LogP contribution in [0, 0.1) is 46.3 Å². The minimum Gasteiger partial charge on any atom is -0.478 e. The van der Waals surface area contributed by atoms with Crippen molar-refractivity contribution in [3.8, 4) is 0 Å². The summed E-state index contributed by atoms with van der Waals surface area (Å²) < 4.78 is 11.5. The molecule has 2 aromatic carbocycles. The Morgan fingerprint density at radius 3 is 2.21 bits per heavy atom. The van der Waals surface area contributed by atoms with Crippen molar-refractivity contribution in [2.75, 3.05) is 24.6 Å². The van der Waals surface area contributed by atoms with Gasteiger partial charge in [0.05, 0.1) is 36.3 Å². The summed E-state index contributed by atoms with van der Waals surface area (Å²) in [6.07, 6.45) is 16.1. The third-order valence-corrected chi connectivity index (χ3v) is 14.7. The molecule has 0 saturated heterocycles. The van der Waals surface area contributed by atoms with Crippen molar-refractivity contribution >= 4 is 35.0 Å². The Hall–Kier alpha value is -4.01. The quantitative estimate of drug-likeness (QED) is 0.0964. The summed E-state index contributed by atoms with van der Waals surface area (Å²) in [5, 5.41) is 17.5. The number of hydrogen-bond acceptors (Lipinski definition) is 8. The number of hydrogen-bond donors (Lipinski definition) is 1. The van der Waals surface area contributed by atoms with Crippen LogP contribution in [0.3, 0.4) is 0 Å². The normalized spacial score (nSPS) is 28.5. The highest BCUT2D eigenvalue weighted by atomic mass is 16.5. The van der Waals surface area contributed by atoms with E-state index >= 15 is 0 Å². The maximum absolute atomic E-state index is 12.9. The van der Waals surface area contributed by atoms with Gasteiger partial charge in [-0.2, -0.15) is 10.2 Å². The zero-order chi connectivity index (χ0) is 40.7. The molecule has 0 amide bonds. The van der Waals surface area contributed by atoms with Crippen LogP contribution in [0.1, 0.15) is 135 Å². The number of carbonyl (C=O) groups excluding carboxylic acids is 2. The summed E-state index contributed by atoms with van der Waals surface area (Å²) in [5.41, 5.74) is 4.58. The zero-order valence-electron chi connectivity index (χ0n) is 35.4. The smallest absolute Gasteiger partial charge is 0.335 e. The summed E-state index contributed by atoms with van der Waals surface area (Å²) in [4.78, 5) is 38.7. The van der Waals surface area contributed by atoms with E-state index in [1.165, 1.54) is 69.1 Å². The summed E-state index contributed by atoms with van der Waals surface area (Å²) in [7, 11) is 0. The summed E-state index contributed by atoms with van der Waals surface area (Å²) >= 11 is 0. The molecule has 2 aromatic rings. The average Bonchev–Trinajstić information content (AvgIpc) is 3.55. The first kappa shape index (κ1) is 42.6. The van der Waals surface area contributed by atoms with Crippen LogP contribution in [0.5, 0.6) is 0 Å². The van der Waals surface area contributed by atoms with E-state index in [4.69, 9.17) is 14.6 Å². The maximum Gasteiger partial charge on any atom is 0.335 e. The molecule has 0 aromatic heterocycles. The van der Waals surface area contributed by atoms with E-state index in [1.807, 2.05) is 31.2 Å². The lowest BCUT2D eigenvalue weighted by Crippen LogP contribution is -2.51. The monoisotopic (exact) mass is 782 g/mol. The number of carbonyl (C=O) groups is 3. The van der Waals surface area contributed by atoms with E-state index in [2.05, 4.69) is 55.8 Å². The first-order valence-electron chi connectivity index (χ1n) is 22.0. The molecule has 4 aliphatic carbocycles. The van der Waals surface area contributed by atoms with E-state index in [1.54, 1.807) is 12.1 Å². The fraction of sp³-hybridized carbons (Fsp3) is 0.646. The van der Waals surface area contributed by atoms with Crippen LogP contribution in [-0.4, -0.2) is 48.8 Å². The Balaban J connectivity index is 0.914. The molecular weight excluding hydrogens is 715 g/mol. The molecule has 9 heteroatoms. The Bertz CT molecular complexity index is 1750. The minimum absolute atomic E-state index is 0.0120. The summed E-state index contributed by atoms with van der Waals surface area (Å²) in [5.74, 6) is 3.14. The van der Waals surface area contributed by atoms with Crippen molar-refractivity contribution < 1.29 is 29.0 Å². The van der Waals surface area contributed by atoms with Crippen LogP contribution < -0.4 is 4.90 Å². The molecular formula is C48H67N3O6. The van der Waals surface area contributed by atoms with Crippen LogP contribution in [0.2, 0.25) is 0 Å². The third-order valence-electron chi connectivity index (χ3n) is 14.7. The van der Waals surface area contributed by atoms with Crippen LogP contribution in [0.15, 0.2) is 70.4 Å². The molecule has 0 heterocycles. The van der Waals surface area contributed by atoms with Crippen molar-refractivity contribution in [3.05, 3.63) is 65.7 Å². The number of benzene rings is 2. The SMILES string of the molecule is CCN(CCOC(=O)CCC(=O)O[C@H]1CC[C@@]2(C)C(=CC[C@H]3[C@@H]4CC[C@H]([C@H](C)CCCC(C)C)[C@@]4(C)CC[C@@H]32)C1)c1ccc(N=Nc2ccc(C(=O)O)cc2)cc1. The largest absolute Gasteiger partial charge is 0.478 e. The number of rotatable bonds is 17. The first-order chi connectivity index (χ1) is 27.3. The number of ether oxygens (including phenoxy) is 2. The van der Waals surface area contributed by atoms with E-state index in [0.717, 1.165) is 67.0 Å². The molecule has 0 radical (unpaired) electrons. The molecule has 8 atom stereocenters. The minimum atomic E-state index is -0.985. The average molecular weight is 782 g/mol. The first-order valence-corrected chi connectivity index (χ1v) is 22.0. The maximum atomic E-state index is 12.9. The highest BCUT2D eigenvalue weighted by Gasteiger charge is 2.59. The zero-order valence-corrected chi connectivity index (χ0v) is 35.4. The van der Waals surface area contributed by atoms with Gasteiger partial charge in [0.25, 0.3) is 0 Å². The molecule has 0 aliphatic heterocycles. The van der Waals surface area contributed by atoms with Crippen molar-refractivity contribution in [2.24, 2.45) is 56.6 Å². The van der Waals surface area contributed by atoms with Crippen molar-refractivity contribution in [3.63, 3.8) is 0 Å². The van der Waals surface area contributed by atoms with Crippen molar-refractivity contribution in [1.82, 2.24) is 0 Å². The van der Waals surface area contributed by atoms with Gasteiger partial charge >= 0.3 is 17.9 Å². The highest BCUT2D eigenvalue weighted by molar-refractivity contribution is 5.87. The van der Waals surface area contributed by atoms with Gasteiger partial charge < -0.3 is 19.5 Å². The number of aromatic carboxylic acids is 1. The molecule has 1 N–H and O–H groups in total. The van der Waals surface area contributed by atoms with Gasteiger partial charge in [0.1, 0.15) is 12.7 Å². The molecule has 0 bridgehead atoms. The third kappa shape index (κ3) is 10.00. The van der Waals surface area contributed by atoms with Gasteiger partial charge in [0.2, 0.25) is 0 Å². The number of esters is 2. The fourth-order valence-electron chi connectivity index (χ4n) is 11.5. The van der Waals surface area contributed by atoms with Gasteiger partial charge in [0, 0.05) is 18.7 Å². The standard InChI is InChI=1S/C48H67N3O6/c1-7-51(38-18-16-37(17-19-38)50-49-36-14-11-34(12-15-36)46(54)55)29-30-56-44(52)23-24-45(53)57-39-25-27-47(5)35(31-39)13-20-40-42-22-21-41(33(4)10-8-9-32(2)3)48(42,6)28-26-43(40)47/h11-19,32-33,39-43H,7-10,20-31H2,1-6H3,(H,54,55)/t33-,39+,40+,41-,42+,43+,47+,48-/m1/s1. The van der Waals surface area contributed by atoms with Crippen LogP contribution >= 0.6 is 0 Å². The Kier molecular flexibility index (Phi) is 14.0.